The van der Waals surface area contributed by atoms with Crippen LogP contribution in [-0.2, 0) is 16.0 Å². The zero-order valence-corrected chi connectivity index (χ0v) is 19.5. The number of ether oxygens (including phenoxy) is 1. The number of Topliss-reactive ketones (excluding diaryl/α,β-unsaturated/α-hetero) is 1. The summed E-state index contributed by atoms with van der Waals surface area (Å²) >= 11 is 0. The lowest BCUT2D eigenvalue weighted by Crippen LogP contribution is -2.29. The van der Waals surface area contributed by atoms with Crippen LogP contribution in [-0.4, -0.2) is 41.2 Å². The highest BCUT2D eigenvalue weighted by Crippen LogP contribution is 2.30. The van der Waals surface area contributed by atoms with Crippen LogP contribution in [0.25, 0.3) is 0 Å². The number of benzene rings is 1. The summed E-state index contributed by atoms with van der Waals surface area (Å²) in [5, 5.41) is 22.8. The average molecular weight is 412 g/mol. The fourth-order valence-corrected chi connectivity index (χ4v) is 2.94. The van der Waals surface area contributed by atoms with Gasteiger partial charge in [0, 0.05) is 18.5 Å². The van der Waals surface area contributed by atoms with E-state index in [0.29, 0.717) is 5.56 Å². The fourth-order valence-electron chi connectivity index (χ4n) is 2.94. The SMILES string of the molecule is CC.CC.CC.CNC1CCC[C@H](C)OC(=O)Cc2cc(O)cc(O)c2C(=O)C1. The third-order valence-corrected chi connectivity index (χ3v) is 4.13. The van der Waals surface area contributed by atoms with E-state index < -0.39 is 5.97 Å². The van der Waals surface area contributed by atoms with Crippen LogP contribution in [0.2, 0.25) is 0 Å². The molecule has 6 nitrogen and oxygen atoms in total. The molecule has 2 rings (SSSR count). The van der Waals surface area contributed by atoms with Crippen molar-refractivity contribution >= 4 is 11.8 Å². The molecule has 1 heterocycles. The number of fused-ring (bicyclic) bond motifs is 1. The first-order chi connectivity index (χ1) is 13.9. The maximum Gasteiger partial charge on any atom is 0.310 e. The molecule has 0 fully saturated rings. The van der Waals surface area contributed by atoms with Crippen molar-refractivity contribution in [2.45, 2.75) is 92.7 Å². The monoisotopic (exact) mass is 411 g/mol. The van der Waals surface area contributed by atoms with Gasteiger partial charge in [0.2, 0.25) is 0 Å². The van der Waals surface area contributed by atoms with E-state index in [0.717, 1.165) is 25.3 Å². The van der Waals surface area contributed by atoms with E-state index in [-0.39, 0.29) is 47.8 Å². The third-order valence-electron chi connectivity index (χ3n) is 4.13. The van der Waals surface area contributed by atoms with E-state index in [1.165, 1.54) is 6.07 Å². The Morgan fingerprint density at radius 2 is 1.59 bits per heavy atom. The van der Waals surface area contributed by atoms with Crippen LogP contribution in [0, 0.1) is 0 Å². The lowest BCUT2D eigenvalue weighted by atomic mass is 9.93. The lowest BCUT2D eigenvalue weighted by Gasteiger charge is -2.20. The van der Waals surface area contributed by atoms with Gasteiger partial charge in [-0.3, -0.25) is 9.59 Å². The topological polar surface area (TPSA) is 95.9 Å². The Balaban J connectivity index is 0. The van der Waals surface area contributed by atoms with Crippen molar-refractivity contribution < 1.29 is 24.5 Å². The summed E-state index contributed by atoms with van der Waals surface area (Å²) < 4.78 is 5.33. The molecule has 1 aliphatic rings. The van der Waals surface area contributed by atoms with Crippen LogP contribution in [0.4, 0.5) is 0 Å². The van der Waals surface area contributed by atoms with Crippen molar-refractivity contribution in [1.82, 2.24) is 5.32 Å². The number of phenolic OH excluding ortho intramolecular Hbond substituents is 2. The molecule has 0 spiro atoms. The van der Waals surface area contributed by atoms with Crippen molar-refractivity contribution in [1.29, 1.82) is 0 Å². The number of phenols is 2. The van der Waals surface area contributed by atoms with Gasteiger partial charge in [-0.05, 0) is 44.9 Å². The molecule has 0 bridgehead atoms. The summed E-state index contributed by atoms with van der Waals surface area (Å²) in [7, 11) is 1.80. The number of hydrogen-bond acceptors (Lipinski definition) is 6. The minimum atomic E-state index is -0.470. The summed E-state index contributed by atoms with van der Waals surface area (Å²) in [4.78, 5) is 24.6. The highest BCUT2D eigenvalue weighted by molar-refractivity contribution is 6.01. The van der Waals surface area contributed by atoms with Crippen LogP contribution in [0.1, 0.15) is 90.1 Å². The maximum absolute atomic E-state index is 12.6. The van der Waals surface area contributed by atoms with E-state index in [9.17, 15) is 19.8 Å². The van der Waals surface area contributed by atoms with Crippen LogP contribution < -0.4 is 5.32 Å². The fraction of sp³-hybridized carbons (Fsp3) is 0.652. The molecular formula is C23H41NO5. The molecule has 29 heavy (non-hydrogen) atoms. The zero-order chi connectivity index (χ0) is 23.0. The first kappa shape index (κ1) is 29.1. The molecule has 1 aromatic carbocycles. The van der Waals surface area contributed by atoms with Gasteiger partial charge in [-0.15, -0.1) is 0 Å². The minimum absolute atomic E-state index is 0.00844. The van der Waals surface area contributed by atoms with Gasteiger partial charge in [0.25, 0.3) is 0 Å². The van der Waals surface area contributed by atoms with E-state index in [4.69, 9.17) is 4.74 Å². The number of rotatable bonds is 1. The first-order valence-electron chi connectivity index (χ1n) is 10.9. The summed E-state index contributed by atoms with van der Waals surface area (Å²) in [5.41, 5.74) is 0.383. The van der Waals surface area contributed by atoms with Crippen molar-refractivity contribution in [2.24, 2.45) is 0 Å². The lowest BCUT2D eigenvalue weighted by molar-refractivity contribution is -0.147. The molecule has 6 heteroatoms. The normalized spacial score (nSPS) is 19.2. The molecule has 1 aromatic rings. The number of cyclic esters (lactones) is 1. The Morgan fingerprint density at radius 3 is 2.14 bits per heavy atom. The van der Waals surface area contributed by atoms with Crippen LogP contribution >= 0.6 is 0 Å². The predicted octanol–water partition coefficient (Wildman–Crippen LogP) is 5.00. The summed E-state index contributed by atoms with van der Waals surface area (Å²) in [6.45, 7) is 13.8. The van der Waals surface area contributed by atoms with Crippen LogP contribution in [0.3, 0.4) is 0 Å². The van der Waals surface area contributed by atoms with E-state index in [1.807, 2.05) is 48.5 Å². The van der Waals surface area contributed by atoms with Crippen molar-refractivity contribution in [3.05, 3.63) is 23.3 Å². The van der Waals surface area contributed by atoms with Crippen molar-refractivity contribution in [3.8, 4) is 11.5 Å². The van der Waals surface area contributed by atoms with Crippen LogP contribution in [0.5, 0.6) is 11.5 Å². The molecule has 0 saturated heterocycles. The molecule has 1 unspecified atom stereocenters. The average Bonchev–Trinajstić information content (AvgIpc) is 2.70. The molecule has 0 aromatic heterocycles. The number of ketones is 1. The number of hydrogen-bond donors (Lipinski definition) is 3. The summed E-state index contributed by atoms with van der Waals surface area (Å²) in [6, 6.07) is 2.44. The number of nitrogens with one attached hydrogen (secondary N) is 1. The summed E-state index contributed by atoms with van der Waals surface area (Å²) in [5.74, 6) is -1.22. The third kappa shape index (κ3) is 10.3. The number of carbonyl (C=O) groups is 2. The Bertz CT molecular complexity index is 601. The predicted molar refractivity (Wildman–Crippen MR) is 119 cm³/mol. The second-order valence-corrected chi connectivity index (χ2v) is 6.02. The quantitative estimate of drug-likeness (QED) is 0.563. The highest BCUT2D eigenvalue weighted by Gasteiger charge is 2.24. The van der Waals surface area contributed by atoms with Gasteiger partial charge in [-0.1, -0.05) is 41.5 Å². The molecule has 0 radical (unpaired) electrons. The number of carbonyl (C=O) groups excluding carboxylic acids is 2. The highest BCUT2D eigenvalue weighted by atomic mass is 16.5. The maximum atomic E-state index is 12.6. The smallest absolute Gasteiger partial charge is 0.310 e. The van der Waals surface area contributed by atoms with Gasteiger partial charge >= 0.3 is 5.97 Å². The van der Waals surface area contributed by atoms with Gasteiger partial charge in [0.05, 0.1) is 18.1 Å². The molecule has 1 aliphatic heterocycles. The van der Waals surface area contributed by atoms with Gasteiger partial charge < -0.3 is 20.3 Å². The van der Waals surface area contributed by atoms with Gasteiger partial charge in [0.1, 0.15) is 11.5 Å². The van der Waals surface area contributed by atoms with E-state index >= 15 is 0 Å². The Morgan fingerprint density at radius 1 is 1.00 bits per heavy atom. The Hall–Kier alpha value is -2.08. The second-order valence-electron chi connectivity index (χ2n) is 6.02. The van der Waals surface area contributed by atoms with E-state index in [1.54, 1.807) is 7.05 Å². The van der Waals surface area contributed by atoms with Gasteiger partial charge in [-0.2, -0.15) is 0 Å². The summed E-state index contributed by atoms with van der Waals surface area (Å²) in [6.07, 6.45) is 2.21. The molecule has 0 amide bonds. The standard InChI is InChI=1S/C17H23NO5.3C2H6/c1-10-4-3-5-12(18-2)8-14(20)17-11(7-16(22)23-10)6-13(19)9-15(17)21;3*1-2/h6,9-10,12,18-19,21H,3-5,7-8H2,1-2H3;3*1-2H3/t10-,12?;;;/m0.../s1. The molecular weight excluding hydrogens is 370 g/mol. The minimum Gasteiger partial charge on any atom is -0.508 e. The second kappa shape index (κ2) is 16.8. The molecule has 168 valence electrons. The zero-order valence-electron chi connectivity index (χ0n) is 19.5. The molecule has 2 atom stereocenters. The van der Waals surface area contributed by atoms with Crippen molar-refractivity contribution in [2.75, 3.05) is 7.05 Å². The number of esters is 1. The first-order valence-corrected chi connectivity index (χ1v) is 10.9. The van der Waals surface area contributed by atoms with Gasteiger partial charge in [0.15, 0.2) is 5.78 Å². The van der Waals surface area contributed by atoms with Crippen molar-refractivity contribution in [3.63, 3.8) is 0 Å². The number of aromatic hydroxyl groups is 2. The van der Waals surface area contributed by atoms with Gasteiger partial charge in [-0.25, -0.2) is 0 Å². The van der Waals surface area contributed by atoms with E-state index in [2.05, 4.69) is 5.32 Å². The Labute approximate surface area is 176 Å². The molecule has 0 aliphatic carbocycles. The Kier molecular flexibility index (Phi) is 16.9. The molecule has 3 N–H and O–H groups in total. The largest absolute Gasteiger partial charge is 0.508 e. The van der Waals surface area contributed by atoms with Crippen LogP contribution in [0.15, 0.2) is 12.1 Å². The molecule has 0 saturated carbocycles.